The van der Waals surface area contributed by atoms with Gasteiger partial charge >= 0.3 is 0 Å². The van der Waals surface area contributed by atoms with Crippen LogP contribution in [-0.4, -0.2) is 40.2 Å². The van der Waals surface area contributed by atoms with Crippen LogP contribution in [0, 0.1) is 0 Å². The third kappa shape index (κ3) is 4.26. The predicted molar refractivity (Wildman–Crippen MR) is 99.3 cm³/mol. The zero-order chi connectivity index (χ0) is 18.5. The van der Waals surface area contributed by atoms with Crippen molar-refractivity contribution in [3.8, 4) is 5.75 Å². The number of benzene rings is 2. The van der Waals surface area contributed by atoms with E-state index in [9.17, 15) is 14.1 Å². The molecule has 2 atom stereocenters. The number of nitrogens with zero attached hydrogens (tertiary/aromatic N) is 1. The van der Waals surface area contributed by atoms with Crippen LogP contribution in [0.5, 0.6) is 5.75 Å². The zero-order valence-electron chi connectivity index (χ0n) is 14.6. The van der Waals surface area contributed by atoms with Gasteiger partial charge in [-0.3, -0.25) is 14.5 Å². The second kappa shape index (κ2) is 8.38. The number of amides is 1. The van der Waals surface area contributed by atoms with E-state index in [1.165, 1.54) is 4.90 Å². The summed E-state index contributed by atoms with van der Waals surface area (Å²) < 4.78 is 17.9. The highest BCUT2D eigenvalue weighted by atomic mass is 32.2. The number of methoxy groups -OCH3 is 1. The van der Waals surface area contributed by atoms with Gasteiger partial charge < -0.3 is 9.29 Å². The van der Waals surface area contributed by atoms with Crippen LogP contribution in [0.15, 0.2) is 59.5 Å². The molecule has 136 valence electrons. The molecule has 2 aromatic rings. The van der Waals surface area contributed by atoms with Crippen LogP contribution in [0.1, 0.15) is 18.4 Å². The fourth-order valence-corrected chi connectivity index (χ4v) is 4.36. The van der Waals surface area contributed by atoms with E-state index in [-0.39, 0.29) is 24.7 Å². The van der Waals surface area contributed by atoms with E-state index in [1.807, 2.05) is 30.3 Å². The Bertz CT molecular complexity index is 780. The maximum Gasteiger partial charge on any atom is 0.233 e. The Kier molecular flexibility index (Phi) is 5.96. The van der Waals surface area contributed by atoms with Crippen LogP contribution in [0.4, 0.5) is 0 Å². The van der Waals surface area contributed by atoms with Crippen LogP contribution in [0.2, 0.25) is 0 Å². The number of ether oxygens (including phenoxy) is 1. The van der Waals surface area contributed by atoms with Crippen LogP contribution >= 0.6 is 0 Å². The molecular weight excluding hydrogens is 350 g/mol. The average molecular weight is 371 g/mol. The minimum atomic E-state index is -1.39. The van der Waals surface area contributed by atoms with Gasteiger partial charge in [0.25, 0.3) is 0 Å². The summed E-state index contributed by atoms with van der Waals surface area (Å²) in [6.07, 6.45) is 1.22. The Labute approximate surface area is 156 Å². The number of ketones is 1. The number of β-lactam (4-membered cyclic amide) rings is 1. The van der Waals surface area contributed by atoms with Crippen LogP contribution in [0.25, 0.3) is 0 Å². The Morgan fingerprint density at radius 2 is 2.00 bits per heavy atom. The van der Waals surface area contributed by atoms with Crippen molar-refractivity contribution in [2.45, 2.75) is 29.5 Å². The third-order valence-corrected chi connectivity index (χ3v) is 6.05. The Hall–Kier alpha value is -2.31. The van der Waals surface area contributed by atoms with Crippen molar-refractivity contribution in [2.24, 2.45) is 0 Å². The quantitative estimate of drug-likeness (QED) is 0.528. The number of hydrogen-bond donors (Lipinski definition) is 0. The molecule has 1 amide bonds. The maximum absolute atomic E-state index is 12.8. The van der Waals surface area contributed by atoms with Gasteiger partial charge in [0.15, 0.2) is 10.7 Å². The first-order chi connectivity index (χ1) is 12.6. The first-order valence-corrected chi connectivity index (χ1v) is 9.69. The van der Waals surface area contributed by atoms with Crippen molar-refractivity contribution in [3.05, 3.63) is 60.2 Å². The first kappa shape index (κ1) is 18.5. The van der Waals surface area contributed by atoms with E-state index < -0.39 is 16.5 Å². The molecule has 5 nitrogen and oxygen atoms in total. The molecule has 1 saturated heterocycles. The molecule has 0 aromatic heterocycles. The van der Waals surface area contributed by atoms with Gasteiger partial charge in [-0.2, -0.15) is 0 Å². The van der Waals surface area contributed by atoms with Crippen LogP contribution in [0.3, 0.4) is 0 Å². The molecule has 0 aliphatic carbocycles. The molecule has 0 saturated carbocycles. The zero-order valence-corrected chi connectivity index (χ0v) is 15.4. The molecule has 1 fully saturated rings. The highest BCUT2D eigenvalue weighted by Gasteiger charge is 2.46. The molecule has 0 radical (unpaired) electrons. The molecule has 1 aliphatic heterocycles. The number of carbonyl (C=O) groups excluding carboxylic acids is 2. The number of hydrogen-bond acceptors (Lipinski definition) is 4. The summed E-state index contributed by atoms with van der Waals surface area (Å²) in [5.41, 5.74) is 1.09. The number of rotatable bonds is 8. The minimum Gasteiger partial charge on any atom is -0.610 e. The topological polar surface area (TPSA) is 69.7 Å². The summed E-state index contributed by atoms with van der Waals surface area (Å²) in [4.78, 5) is 26.2. The van der Waals surface area contributed by atoms with E-state index >= 15 is 0 Å². The second-order valence-electron chi connectivity index (χ2n) is 6.18. The minimum absolute atomic E-state index is 0.0189. The molecule has 0 N–H and O–H groups in total. The fourth-order valence-electron chi connectivity index (χ4n) is 2.89. The Morgan fingerprint density at radius 1 is 1.23 bits per heavy atom. The number of aryl methyl sites for hydroxylation is 1. The van der Waals surface area contributed by atoms with Gasteiger partial charge in [0.05, 0.1) is 20.1 Å². The predicted octanol–water partition coefficient (Wildman–Crippen LogP) is 2.56. The lowest BCUT2D eigenvalue weighted by Crippen LogP contribution is -2.57. The number of carbonyl (C=O) groups is 2. The number of Topliss-reactive ketones (excluding diaryl/α,β-unsaturated/α-hetero) is 1. The fraction of sp³-hybridized carbons (Fsp3) is 0.300. The van der Waals surface area contributed by atoms with Crippen molar-refractivity contribution in [3.63, 3.8) is 0 Å². The molecule has 3 rings (SSSR count). The van der Waals surface area contributed by atoms with Gasteiger partial charge in [-0.25, -0.2) is 0 Å². The van der Waals surface area contributed by atoms with E-state index in [1.54, 1.807) is 31.4 Å². The molecule has 26 heavy (non-hydrogen) atoms. The van der Waals surface area contributed by atoms with Crippen molar-refractivity contribution < 1.29 is 18.9 Å². The third-order valence-electron chi connectivity index (χ3n) is 4.42. The molecule has 2 aromatic carbocycles. The standard InChI is InChI=1S/C20H21NO4S/c1-25-17-8-5-9-18(12-17)26(24)20-13-19(23)21(20)14-16(22)11-10-15-6-3-2-4-7-15/h2-9,12,20H,10-11,13-14H2,1H3. The highest BCUT2D eigenvalue weighted by molar-refractivity contribution is 7.92. The Balaban J connectivity index is 1.58. The summed E-state index contributed by atoms with van der Waals surface area (Å²) >= 11 is -1.39. The highest BCUT2D eigenvalue weighted by Crippen LogP contribution is 2.31. The van der Waals surface area contributed by atoms with E-state index in [2.05, 4.69) is 0 Å². The number of likely N-dealkylation sites (tertiary alicyclic amines) is 1. The van der Waals surface area contributed by atoms with E-state index in [0.29, 0.717) is 23.5 Å². The van der Waals surface area contributed by atoms with Crippen molar-refractivity contribution >= 4 is 22.9 Å². The van der Waals surface area contributed by atoms with Gasteiger partial charge in [0, 0.05) is 23.7 Å². The van der Waals surface area contributed by atoms with E-state index in [0.717, 1.165) is 5.56 Å². The summed E-state index contributed by atoms with van der Waals surface area (Å²) in [5, 5.41) is -0.449. The summed E-state index contributed by atoms with van der Waals surface area (Å²) in [6, 6.07) is 16.7. The largest absolute Gasteiger partial charge is 0.610 e. The molecular formula is C20H21NO4S. The second-order valence-corrected chi connectivity index (χ2v) is 7.79. The average Bonchev–Trinajstić information content (AvgIpc) is 2.69. The maximum atomic E-state index is 12.8. The lowest BCUT2D eigenvalue weighted by Gasteiger charge is -2.39. The van der Waals surface area contributed by atoms with Crippen LogP contribution < -0.4 is 4.74 Å². The van der Waals surface area contributed by atoms with Gasteiger partial charge in [0.2, 0.25) is 11.3 Å². The van der Waals surface area contributed by atoms with Gasteiger partial charge in [-0.15, -0.1) is 0 Å². The van der Waals surface area contributed by atoms with E-state index in [4.69, 9.17) is 4.74 Å². The normalized spacial score (nSPS) is 17.5. The first-order valence-electron chi connectivity index (χ1n) is 8.48. The summed E-state index contributed by atoms with van der Waals surface area (Å²) in [5.74, 6) is 0.473. The molecule has 1 heterocycles. The molecule has 1 aliphatic rings. The van der Waals surface area contributed by atoms with Gasteiger partial charge in [-0.1, -0.05) is 36.4 Å². The Morgan fingerprint density at radius 3 is 2.69 bits per heavy atom. The smallest absolute Gasteiger partial charge is 0.233 e. The SMILES string of the molecule is COc1cccc([S+]([O-])C2CC(=O)N2CC(=O)CCc2ccccc2)c1. The lowest BCUT2D eigenvalue weighted by atomic mass is 10.1. The molecule has 0 bridgehead atoms. The van der Waals surface area contributed by atoms with Gasteiger partial charge in [-0.05, 0) is 24.1 Å². The van der Waals surface area contributed by atoms with Gasteiger partial charge in [0.1, 0.15) is 5.75 Å². The van der Waals surface area contributed by atoms with Crippen LogP contribution in [-0.2, 0) is 27.2 Å². The molecule has 2 unspecified atom stereocenters. The van der Waals surface area contributed by atoms with Crippen molar-refractivity contribution in [1.82, 2.24) is 4.90 Å². The summed E-state index contributed by atoms with van der Waals surface area (Å²) in [6.45, 7) is 0.0199. The molecule has 0 spiro atoms. The molecule has 6 heteroatoms. The lowest BCUT2D eigenvalue weighted by molar-refractivity contribution is -0.145. The van der Waals surface area contributed by atoms with Crippen molar-refractivity contribution in [2.75, 3.05) is 13.7 Å². The summed E-state index contributed by atoms with van der Waals surface area (Å²) in [7, 11) is 1.55. The van der Waals surface area contributed by atoms with Crippen molar-refractivity contribution in [1.29, 1.82) is 0 Å². The monoisotopic (exact) mass is 371 g/mol.